The van der Waals surface area contributed by atoms with Gasteiger partial charge in [-0.15, -0.1) is 11.3 Å². The molecule has 41 heavy (non-hydrogen) atoms. The first-order chi connectivity index (χ1) is 19.8. The quantitative estimate of drug-likeness (QED) is 0.347. The fraction of sp³-hybridized carbons (Fsp3) is 0.586. The maximum atomic E-state index is 12.6. The number of piperazine rings is 1. The van der Waals surface area contributed by atoms with Crippen LogP contribution >= 0.6 is 11.3 Å². The minimum absolute atomic E-state index is 0.000654. The second-order valence-corrected chi connectivity index (χ2v) is 12.9. The molecule has 2 bridgehead atoms. The van der Waals surface area contributed by atoms with Gasteiger partial charge in [-0.2, -0.15) is 15.0 Å². The van der Waals surface area contributed by atoms with Crippen molar-refractivity contribution in [2.45, 2.75) is 46.0 Å². The van der Waals surface area contributed by atoms with E-state index in [1.807, 2.05) is 22.5 Å². The van der Waals surface area contributed by atoms with E-state index in [0.29, 0.717) is 55.4 Å². The molecule has 0 spiro atoms. The van der Waals surface area contributed by atoms with E-state index < -0.39 is 0 Å². The van der Waals surface area contributed by atoms with Gasteiger partial charge >= 0.3 is 0 Å². The molecular weight excluding hydrogens is 538 g/mol. The zero-order valence-electron chi connectivity index (χ0n) is 24.0. The predicted molar refractivity (Wildman–Crippen MR) is 161 cm³/mol. The fourth-order valence-electron chi connectivity index (χ4n) is 6.79. The first-order valence-corrected chi connectivity index (χ1v) is 15.5. The summed E-state index contributed by atoms with van der Waals surface area (Å²) in [4.78, 5) is 46.8. The van der Waals surface area contributed by atoms with Gasteiger partial charge in [0.25, 0.3) is 0 Å². The van der Waals surface area contributed by atoms with E-state index >= 15 is 0 Å². The zero-order chi connectivity index (χ0) is 28.6. The summed E-state index contributed by atoms with van der Waals surface area (Å²) >= 11 is 1.60. The van der Waals surface area contributed by atoms with Crippen LogP contribution in [0.4, 0.5) is 23.5 Å². The second kappa shape index (κ2) is 11.4. The zero-order valence-corrected chi connectivity index (χ0v) is 24.8. The van der Waals surface area contributed by atoms with Crippen LogP contribution in [0.25, 0.3) is 10.2 Å². The molecule has 2 amide bonds. The van der Waals surface area contributed by atoms with Gasteiger partial charge in [0.1, 0.15) is 0 Å². The first-order valence-electron chi connectivity index (χ1n) is 14.6. The van der Waals surface area contributed by atoms with Crippen molar-refractivity contribution in [3.05, 3.63) is 23.7 Å². The molecule has 2 aromatic heterocycles. The number of aromatic nitrogens is 4. The molecular formula is C29H39N9O2S. The molecule has 7 rings (SSSR count). The number of amides is 2. The number of carbonyl (C=O) groups is 2. The highest BCUT2D eigenvalue weighted by molar-refractivity contribution is 7.16. The number of anilines is 4. The number of fused-ring (bicyclic) bond motifs is 3. The van der Waals surface area contributed by atoms with Gasteiger partial charge in [0, 0.05) is 58.3 Å². The van der Waals surface area contributed by atoms with Gasteiger partial charge in [0.15, 0.2) is 0 Å². The summed E-state index contributed by atoms with van der Waals surface area (Å²) in [6.07, 6.45) is 4.31. The van der Waals surface area contributed by atoms with Crippen molar-refractivity contribution in [2.24, 2.45) is 23.2 Å². The molecule has 1 saturated heterocycles. The number of nitrogens with zero attached hydrogens (tertiary/aromatic N) is 6. The standard InChI is InChI=1S/C29H39N9O2S/c1-29(2)19-5-4-18(21(29)14-19)16-31-26-34-27(33-20-6-7-22-23(15-20)41-17-32-22)36-28(35-26)38-12-10-37(11-13-38)25(40)9-8-24(39)30-3/h6-7,15,17-19,21H,4-5,8-14,16H2,1-3H3,(H,30,39)(H2,31,33,34,35,36)/t18?,19-,21-/m0/s1. The molecule has 3 N–H and O–H groups in total. The highest BCUT2D eigenvalue weighted by atomic mass is 32.1. The Morgan fingerprint density at radius 2 is 1.85 bits per heavy atom. The highest BCUT2D eigenvalue weighted by Gasteiger charge is 2.53. The molecule has 3 atom stereocenters. The lowest BCUT2D eigenvalue weighted by Gasteiger charge is -2.60. The molecule has 1 aromatic carbocycles. The minimum Gasteiger partial charge on any atom is -0.359 e. The van der Waals surface area contributed by atoms with Crippen LogP contribution in [-0.4, -0.2) is 76.4 Å². The summed E-state index contributed by atoms with van der Waals surface area (Å²) in [7, 11) is 1.59. The van der Waals surface area contributed by atoms with Crippen molar-refractivity contribution in [3.8, 4) is 0 Å². The third-order valence-corrected chi connectivity index (χ3v) is 10.3. The van der Waals surface area contributed by atoms with Crippen LogP contribution < -0.4 is 20.9 Å². The molecule has 0 radical (unpaired) electrons. The molecule has 11 nitrogen and oxygen atoms in total. The van der Waals surface area contributed by atoms with E-state index in [4.69, 9.17) is 15.0 Å². The number of rotatable bonds is 9. The smallest absolute Gasteiger partial charge is 0.233 e. The Morgan fingerprint density at radius 3 is 2.61 bits per heavy atom. The van der Waals surface area contributed by atoms with E-state index in [9.17, 15) is 9.59 Å². The van der Waals surface area contributed by atoms with Crippen LogP contribution in [0, 0.1) is 23.2 Å². The lowest BCUT2D eigenvalue weighted by atomic mass is 9.45. The maximum Gasteiger partial charge on any atom is 0.233 e. The number of hydrogen-bond donors (Lipinski definition) is 3. The topological polar surface area (TPSA) is 128 Å². The molecule has 4 aliphatic rings. The van der Waals surface area contributed by atoms with Crippen LogP contribution in [0.2, 0.25) is 0 Å². The molecule has 3 heterocycles. The Balaban J connectivity index is 1.17. The largest absolute Gasteiger partial charge is 0.359 e. The SMILES string of the molecule is CNC(=O)CCC(=O)N1CCN(c2nc(NCC3CC[C@H]4C[C@@H]3C4(C)C)nc(Nc3ccc4ncsc4c3)n2)CC1. The molecule has 1 aliphatic heterocycles. The van der Waals surface area contributed by atoms with Crippen LogP contribution in [0.15, 0.2) is 23.7 Å². The van der Waals surface area contributed by atoms with Gasteiger partial charge in [0.2, 0.25) is 29.7 Å². The Kier molecular flexibility index (Phi) is 7.67. The highest BCUT2D eigenvalue weighted by Crippen LogP contribution is 2.61. The molecule has 1 unspecified atom stereocenters. The van der Waals surface area contributed by atoms with Crippen molar-refractivity contribution in [1.82, 2.24) is 30.2 Å². The summed E-state index contributed by atoms with van der Waals surface area (Å²) in [6.45, 7) is 8.04. The predicted octanol–water partition coefficient (Wildman–Crippen LogP) is 3.88. The van der Waals surface area contributed by atoms with Gasteiger partial charge in [-0.1, -0.05) is 13.8 Å². The minimum atomic E-state index is -0.120. The van der Waals surface area contributed by atoms with Crippen molar-refractivity contribution in [3.63, 3.8) is 0 Å². The van der Waals surface area contributed by atoms with Gasteiger partial charge in [-0.3, -0.25) is 9.59 Å². The average molecular weight is 578 g/mol. The second-order valence-electron chi connectivity index (χ2n) is 12.1. The van der Waals surface area contributed by atoms with Gasteiger partial charge in [-0.05, 0) is 60.6 Å². The summed E-state index contributed by atoms with van der Waals surface area (Å²) in [6, 6.07) is 6.04. The van der Waals surface area contributed by atoms with Crippen molar-refractivity contribution >= 4 is 56.9 Å². The molecule has 3 aromatic rings. The number of hydrogen-bond acceptors (Lipinski definition) is 10. The van der Waals surface area contributed by atoms with Crippen molar-refractivity contribution < 1.29 is 9.59 Å². The third kappa shape index (κ3) is 5.79. The van der Waals surface area contributed by atoms with E-state index in [1.165, 1.54) is 19.3 Å². The van der Waals surface area contributed by atoms with Crippen LogP contribution in [0.3, 0.4) is 0 Å². The van der Waals surface area contributed by atoms with Crippen molar-refractivity contribution in [2.75, 3.05) is 55.3 Å². The van der Waals surface area contributed by atoms with Crippen LogP contribution in [0.5, 0.6) is 0 Å². The Hall–Kier alpha value is -3.54. The normalized spacial score (nSPS) is 23.1. The molecule has 12 heteroatoms. The fourth-order valence-corrected chi connectivity index (χ4v) is 7.51. The van der Waals surface area contributed by atoms with E-state index in [-0.39, 0.29) is 24.7 Å². The Labute approximate surface area is 244 Å². The maximum absolute atomic E-state index is 12.6. The summed E-state index contributed by atoms with van der Waals surface area (Å²) in [5, 5.41) is 9.51. The van der Waals surface area contributed by atoms with Crippen molar-refractivity contribution in [1.29, 1.82) is 0 Å². The average Bonchev–Trinajstić information content (AvgIpc) is 3.46. The summed E-state index contributed by atoms with van der Waals surface area (Å²) in [5.41, 5.74) is 4.13. The molecule has 3 aliphatic carbocycles. The third-order valence-electron chi connectivity index (χ3n) is 9.49. The molecule has 3 saturated carbocycles. The van der Waals surface area contributed by atoms with E-state index in [1.54, 1.807) is 18.4 Å². The monoisotopic (exact) mass is 577 g/mol. The Morgan fingerprint density at radius 1 is 1.05 bits per heavy atom. The molecule has 4 fully saturated rings. The number of carbonyl (C=O) groups excluding carboxylic acids is 2. The van der Waals surface area contributed by atoms with Crippen LogP contribution in [0.1, 0.15) is 46.0 Å². The lowest BCUT2D eigenvalue weighted by molar-refractivity contribution is -0.133. The first kappa shape index (κ1) is 27.6. The van der Waals surface area contributed by atoms with Gasteiger partial charge in [0.05, 0.1) is 15.7 Å². The number of thiazole rings is 1. The van der Waals surface area contributed by atoms with Gasteiger partial charge in [-0.25, -0.2) is 4.98 Å². The number of nitrogens with one attached hydrogen (secondary N) is 3. The van der Waals surface area contributed by atoms with E-state index in [0.717, 1.165) is 34.3 Å². The lowest BCUT2D eigenvalue weighted by Crippen LogP contribution is -2.53. The number of benzene rings is 1. The molecule has 218 valence electrons. The van der Waals surface area contributed by atoms with Crippen LogP contribution in [-0.2, 0) is 9.59 Å². The van der Waals surface area contributed by atoms with E-state index in [2.05, 4.69) is 45.7 Å². The summed E-state index contributed by atoms with van der Waals surface area (Å²) in [5.74, 6) is 3.75. The Bertz CT molecular complexity index is 1420. The summed E-state index contributed by atoms with van der Waals surface area (Å²) < 4.78 is 1.10. The van der Waals surface area contributed by atoms with Gasteiger partial charge < -0.3 is 25.8 Å².